The monoisotopic (exact) mass is 278 g/mol. The van der Waals surface area contributed by atoms with Crippen molar-refractivity contribution in [2.45, 2.75) is 26.7 Å². The number of carbonyl (C=O) groups excluding carboxylic acids is 1. The Morgan fingerprint density at radius 2 is 2.25 bits per heavy atom. The fraction of sp³-hybridized carbons (Fsp3) is 0.538. The Labute approximate surface area is 116 Å². The third-order valence-electron chi connectivity index (χ3n) is 3.53. The number of nitro groups is 1. The Kier molecular flexibility index (Phi) is 3.61. The molecule has 1 aromatic rings. The Balaban J connectivity index is 2.29. The van der Waals surface area contributed by atoms with Crippen LogP contribution in [0.4, 0.5) is 11.5 Å². The molecule has 0 atom stereocenters. The second-order valence-electron chi connectivity index (χ2n) is 5.88. The van der Waals surface area contributed by atoms with Crippen molar-refractivity contribution in [2.24, 2.45) is 5.41 Å². The lowest BCUT2D eigenvalue weighted by Crippen LogP contribution is -2.43. The normalized spacial score (nSPS) is 17.8. The van der Waals surface area contributed by atoms with Crippen LogP contribution in [0.1, 0.15) is 37.0 Å². The highest BCUT2D eigenvalue weighted by molar-refractivity contribution is 5.99. The lowest BCUT2D eigenvalue weighted by molar-refractivity contribution is -0.385. The van der Waals surface area contributed by atoms with E-state index < -0.39 is 4.92 Å². The molecule has 0 bridgehead atoms. The minimum absolute atomic E-state index is 0.0315. The summed E-state index contributed by atoms with van der Waals surface area (Å²) in [4.78, 5) is 28.1. The van der Waals surface area contributed by atoms with Crippen LogP contribution in [0.3, 0.4) is 0 Å². The van der Waals surface area contributed by atoms with E-state index in [1.165, 1.54) is 6.07 Å². The number of likely N-dealkylation sites (tertiary alicyclic amines) is 1. The van der Waals surface area contributed by atoms with Crippen LogP contribution in [-0.4, -0.2) is 33.8 Å². The van der Waals surface area contributed by atoms with Gasteiger partial charge in [0.05, 0.1) is 10.5 Å². The first kappa shape index (κ1) is 14.2. The summed E-state index contributed by atoms with van der Waals surface area (Å²) in [5.74, 6) is -0.254. The molecule has 2 heterocycles. The van der Waals surface area contributed by atoms with Crippen molar-refractivity contribution in [3.63, 3.8) is 0 Å². The van der Waals surface area contributed by atoms with Gasteiger partial charge in [0.2, 0.25) is 0 Å². The largest absolute Gasteiger partial charge is 0.383 e. The fourth-order valence-corrected chi connectivity index (χ4v) is 2.50. The number of pyridine rings is 1. The molecule has 2 N–H and O–H groups in total. The lowest BCUT2D eigenvalue weighted by atomic mass is 9.84. The third kappa shape index (κ3) is 2.87. The number of amides is 1. The number of rotatable bonds is 2. The summed E-state index contributed by atoms with van der Waals surface area (Å²) >= 11 is 0. The van der Waals surface area contributed by atoms with Crippen LogP contribution in [0, 0.1) is 15.5 Å². The zero-order valence-corrected chi connectivity index (χ0v) is 11.6. The van der Waals surface area contributed by atoms with E-state index in [-0.39, 0.29) is 28.4 Å². The van der Waals surface area contributed by atoms with Gasteiger partial charge in [-0.2, -0.15) is 0 Å². The third-order valence-corrected chi connectivity index (χ3v) is 3.53. The maximum absolute atomic E-state index is 12.5. The number of piperidine rings is 1. The van der Waals surface area contributed by atoms with Crippen molar-refractivity contribution in [1.82, 2.24) is 9.88 Å². The van der Waals surface area contributed by atoms with Crippen LogP contribution >= 0.6 is 0 Å². The number of carbonyl (C=O) groups is 1. The zero-order chi connectivity index (χ0) is 14.9. The molecule has 0 aliphatic carbocycles. The Morgan fingerprint density at radius 1 is 1.55 bits per heavy atom. The summed E-state index contributed by atoms with van der Waals surface area (Å²) in [7, 11) is 0. The maximum atomic E-state index is 12.5. The molecule has 1 amide bonds. The minimum atomic E-state index is -0.580. The van der Waals surface area contributed by atoms with E-state index in [4.69, 9.17) is 5.73 Å². The predicted octanol–water partition coefficient (Wildman–Crippen LogP) is 1.83. The van der Waals surface area contributed by atoms with Gasteiger partial charge < -0.3 is 10.6 Å². The van der Waals surface area contributed by atoms with E-state index in [9.17, 15) is 14.9 Å². The van der Waals surface area contributed by atoms with E-state index in [0.29, 0.717) is 13.1 Å². The molecule has 7 nitrogen and oxygen atoms in total. The molecule has 0 unspecified atom stereocenters. The van der Waals surface area contributed by atoms with E-state index in [1.54, 1.807) is 4.90 Å². The molecular formula is C13H18N4O3. The van der Waals surface area contributed by atoms with Gasteiger partial charge in [-0.25, -0.2) is 4.98 Å². The molecule has 1 aromatic heterocycles. The van der Waals surface area contributed by atoms with Gasteiger partial charge in [0.25, 0.3) is 11.6 Å². The van der Waals surface area contributed by atoms with Crippen LogP contribution in [-0.2, 0) is 0 Å². The number of hydrogen-bond donors (Lipinski definition) is 1. The van der Waals surface area contributed by atoms with Gasteiger partial charge in [-0.05, 0) is 18.3 Å². The van der Waals surface area contributed by atoms with Gasteiger partial charge >= 0.3 is 0 Å². The molecular weight excluding hydrogens is 260 g/mol. The van der Waals surface area contributed by atoms with E-state index in [2.05, 4.69) is 18.8 Å². The topological polar surface area (TPSA) is 102 Å². The van der Waals surface area contributed by atoms with Gasteiger partial charge in [0, 0.05) is 19.2 Å². The number of hydrogen-bond acceptors (Lipinski definition) is 5. The number of anilines is 1. The first-order valence-corrected chi connectivity index (χ1v) is 6.49. The number of aromatic nitrogens is 1. The summed E-state index contributed by atoms with van der Waals surface area (Å²) < 4.78 is 0. The summed E-state index contributed by atoms with van der Waals surface area (Å²) in [6, 6.07) is 1.20. The van der Waals surface area contributed by atoms with Crippen LogP contribution < -0.4 is 5.73 Å². The summed E-state index contributed by atoms with van der Waals surface area (Å²) in [6.07, 6.45) is 3.03. The van der Waals surface area contributed by atoms with Crippen LogP contribution in [0.25, 0.3) is 0 Å². The average Bonchev–Trinajstić information content (AvgIpc) is 2.37. The zero-order valence-electron chi connectivity index (χ0n) is 11.6. The highest BCUT2D eigenvalue weighted by atomic mass is 16.6. The molecule has 1 aliphatic rings. The fourth-order valence-electron chi connectivity index (χ4n) is 2.50. The van der Waals surface area contributed by atoms with Gasteiger partial charge in [-0.15, -0.1) is 0 Å². The summed E-state index contributed by atoms with van der Waals surface area (Å²) in [5, 5.41) is 10.8. The summed E-state index contributed by atoms with van der Waals surface area (Å²) in [5.41, 5.74) is 5.62. The molecule has 0 spiro atoms. The van der Waals surface area contributed by atoms with Gasteiger partial charge in [0.1, 0.15) is 12.0 Å². The SMILES string of the molecule is CC1(C)CCCN(C(=O)c2cc([N+](=O)[O-])cnc2N)C1. The van der Waals surface area contributed by atoms with Crippen molar-refractivity contribution in [3.8, 4) is 0 Å². The Hall–Kier alpha value is -2.18. The van der Waals surface area contributed by atoms with Crippen molar-refractivity contribution in [2.75, 3.05) is 18.8 Å². The highest BCUT2D eigenvalue weighted by Gasteiger charge is 2.31. The number of nitrogens with zero attached hydrogens (tertiary/aromatic N) is 3. The highest BCUT2D eigenvalue weighted by Crippen LogP contribution is 2.30. The second-order valence-corrected chi connectivity index (χ2v) is 5.88. The van der Waals surface area contributed by atoms with Crippen molar-refractivity contribution in [1.29, 1.82) is 0 Å². The van der Waals surface area contributed by atoms with Gasteiger partial charge in [-0.3, -0.25) is 14.9 Å². The van der Waals surface area contributed by atoms with Gasteiger partial charge in [0.15, 0.2) is 0 Å². The van der Waals surface area contributed by atoms with Crippen molar-refractivity contribution in [3.05, 3.63) is 27.9 Å². The maximum Gasteiger partial charge on any atom is 0.288 e. The van der Waals surface area contributed by atoms with E-state index in [0.717, 1.165) is 19.0 Å². The first-order chi connectivity index (χ1) is 9.30. The smallest absolute Gasteiger partial charge is 0.288 e. The molecule has 108 valence electrons. The second kappa shape index (κ2) is 5.07. The molecule has 0 aromatic carbocycles. The van der Waals surface area contributed by atoms with E-state index in [1.807, 2.05) is 0 Å². The first-order valence-electron chi connectivity index (χ1n) is 6.49. The molecule has 7 heteroatoms. The van der Waals surface area contributed by atoms with Crippen LogP contribution in [0.5, 0.6) is 0 Å². The van der Waals surface area contributed by atoms with Crippen molar-refractivity contribution < 1.29 is 9.72 Å². The number of nitrogens with two attached hydrogens (primary N) is 1. The Bertz CT molecular complexity index is 557. The predicted molar refractivity (Wildman–Crippen MR) is 74.2 cm³/mol. The molecule has 2 rings (SSSR count). The Morgan fingerprint density at radius 3 is 2.85 bits per heavy atom. The molecule has 1 aliphatic heterocycles. The van der Waals surface area contributed by atoms with Gasteiger partial charge in [-0.1, -0.05) is 13.8 Å². The molecule has 1 fully saturated rings. The average molecular weight is 278 g/mol. The molecule has 0 saturated carbocycles. The standard InChI is InChI=1S/C13H18N4O3/c1-13(2)4-3-5-16(8-13)12(18)10-6-9(17(19)20)7-15-11(10)14/h6-7H,3-5,8H2,1-2H3,(H2,14,15). The van der Waals surface area contributed by atoms with Crippen LogP contribution in [0.2, 0.25) is 0 Å². The quantitative estimate of drug-likeness (QED) is 0.656. The number of nitrogen functional groups attached to an aromatic ring is 1. The van der Waals surface area contributed by atoms with Crippen LogP contribution in [0.15, 0.2) is 12.3 Å². The minimum Gasteiger partial charge on any atom is -0.383 e. The molecule has 20 heavy (non-hydrogen) atoms. The summed E-state index contributed by atoms with van der Waals surface area (Å²) in [6.45, 7) is 5.46. The molecule has 0 radical (unpaired) electrons. The molecule has 1 saturated heterocycles. The van der Waals surface area contributed by atoms with E-state index >= 15 is 0 Å². The van der Waals surface area contributed by atoms with Crippen molar-refractivity contribution >= 4 is 17.4 Å². The lowest BCUT2D eigenvalue weighted by Gasteiger charge is -2.38.